The maximum Gasteiger partial charge on any atom is 0.226 e. The molecule has 5 rings (SSSR count). The van der Waals surface area contributed by atoms with Crippen LogP contribution in [0.2, 0.25) is 5.02 Å². The van der Waals surface area contributed by atoms with Gasteiger partial charge in [0.1, 0.15) is 10.8 Å². The Labute approximate surface area is 189 Å². The summed E-state index contributed by atoms with van der Waals surface area (Å²) in [6, 6.07) is 17.8. The monoisotopic (exact) mass is 446 g/mol. The molecular weight excluding hydrogens is 428 g/mol. The molecule has 0 N–H and O–H groups in total. The number of rotatable bonds is 5. The molecule has 0 fully saturated rings. The second kappa shape index (κ2) is 8.21. The summed E-state index contributed by atoms with van der Waals surface area (Å²) in [5.41, 5.74) is 6.04. The van der Waals surface area contributed by atoms with Gasteiger partial charge in [-0.05, 0) is 49.7 Å². The van der Waals surface area contributed by atoms with Crippen molar-refractivity contribution in [3.05, 3.63) is 89.0 Å². The highest BCUT2D eigenvalue weighted by Gasteiger charge is 2.15. The summed E-state index contributed by atoms with van der Waals surface area (Å²) in [5, 5.41) is 6.34. The molecule has 0 amide bonds. The molecule has 154 valence electrons. The van der Waals surface area contributed by atoms with E-state index in [2.05, 4.69) is 35.1 Å². The number of halogens is 1. The number of hydrogen-bond acceptors (Lipinski definition) is 5. The Balaban J connectivity index is 1.41. The Morgan fingerprint density at radius 2 is 1.87 bits per heavy atom. The van der Waals surface area contributed by atoms with Crippen molar-refractivity contribution in [2.75, 3.05) is 0 Å². The van der Waals surface area contributed by atoms with E-state index < -0.39 is 0 Å². The van der Waals surface area contributed by atoms with Crippen molar-refractivity contribution in [1.29, 1.82) is 0 Å². The van der Waals surface area contributed by atoms with E-state index in [4.69, 9.17) is 21.1 Å². The molecule has 0 saturated carbocycles. The predicted molar refractivity (Wildman–Crippen MR) is 124 cm³/mol. The number of benzene rings is 2. The molecule has 0 aliphatic heterocycles. The zero-order valence-electron chi connectivity index (χ0n) is 17.0. The Morgan fingerprint density at radius 1 is 1.06 bits per heavy atom. The van der Waals surface area contributed by atoms with E-state index in [0.29, 0.717) is 16.7 Å². The SMILES string of the molecule is Cc1ccccc1-c1cc2c(SCc3nc(-c4ccc(Cl)cc4)oc3C)nccn2n1. The highest BCUT2D eigenvalue weighted by molar-refractivity contribution is 7.98. The maximum atomic E-state index is 5.98. The number of oxazole rings is 1. The van der Waals surface area contributed by atoms with Gasteiger partial charge in [-0.15, -0.1) is 0 Å². The molecule has 5 aromatic rings. The minimum atomic E-state index is 0.599. The molecule has 0 aliphatic rings. The van der Waals surface area contributed by atoms with E-state index in [1.54, 1.807) is 18.0 Å². The van der Waals surface area contributed by atoms with Crippen molar-refractivity contribution in [2.45, 2.75) is 24.6 Å². The Hall–Kier alpha value is -3.09. The summed E-state index contributed by atoms with van der Waals surface area (Å²) >= 11 is 7.61. The second-order valence-corrected chi connectivity index (χ2v) is 8.62. The lowest BCUT2D eigenvalue weighted by molar-refractivity contribution is 0.540. The fourth-order valence-electron chi connectivity index (χ4n) is 3.42. The molecule has 0 bridgehead atoms. The third-order valence-corrected chi connectivity index (χ3v) is 6.36. The van der Waals surface area contributed by atoms with Gasteiger partial charge in [-0.3, -0.25) is 0 Å². The van der Waals surface area contributed by atoms with E-state index >= 15 is 0 Å². The summed E-state index contributed by atoms with van der Waals surface area (Å²) in [7, 11) is 0. The topological polar surface area (TPSA) is 56.2 Å². The van der Waals surface area contributed by atoms with E-state index in [-0.39, 0.29) is 0 Å². The van der Waals surface area contributed by atoms with Gasteiger partial charge in [0, 0.05) is 34.3 Å². The number of aromatic nitrogens is 4. The lowest BCUT2D eigenvalue weighted by Crippen LogP contribution is -1.92. The van der Waals surface area contributed by atoms with Crippen molar-refractivity contribution in [3.8, 4) is 22.7 Å². The van der Waals surface area contributed by atoms with Crippen molar-refractivity contribution in [3.63, 3.8) is 0 Å². The predicted octanol–water partition coefficient (Wildman–Crippen LogP) is 6.61. The fourth-order valence-corrected chi connectivity index (χ4v) is 4.52. The normalized spacial score (nSPS) is 11.3. The van der Waals surface area contributed by atoms with Gasteiger partial charge in [-0.25, -0.2) is 14.5 Å². The number of fused-ring (bicyclic) bond motifs is 1. The van der Waals surface area contributed by atoms with Gasteiger partial charge >= 0.3 is 0 Å². The molecule has 0 aliphatic carbocycles. The molecule has 0 unspecified atom stereocenters. The molecule has 7 heteroatoms. The maximum absolute atomic E-state index is 5.98. The summed E-state index contributed by atoms with van der Waals surface area (Å²) in [6.45, 7) is 4.03. The first-order valence-electron chi connectivity index (χ1n) is 9.84. The quantitative estimate of drug-likeness (QED) is 0.284. The van der Waals surface area contributed by atoms with Gasteiger partial charge in [-0.1, -0.05) is 47.6 Å². The van der Waals surface area contributed by atoms with Crippen molar-refractivity contribution >= 4 is 28.9 Å². The second-order valence-electron chi connectivity index (χ2n) is 7.22. The fraction of sp³-hybridized carbons (Fsp3) is 0.125. The largest absolute Gasteiger partial charge is 0.441 e. The average molecular weight is 447 g/mol. The summed E-state index contributed by atoms with van der Waals surface area (Å²) in [6.07, 6.45) is 3.65. The van der Waals surface area contributed by atoms with Gasteiger partial charge in [0.25, 0.3) is 0 Å². The van der Waals surface area contributed by atoms with Crippen LogP contribution in [-0.4, -0.2) is 19.6 Å². The van der Waals surface area contributed by atoms with Crippen LogP contribution in [-0.2, 0) is 5.75 Å². The van der Waals surface area contributed by atoms with Crippen LogP contribution in [0, 0.1) is 13.8 Å². The molecule has 0 spiro atoms. The van der Waals surface area contributed by atoms with Gasteiger partial charge in [-0.2, -0.15) is 5.10 Å². The molecule has 0 radical (unpaired) electrons. The van der Waals surface area contributed by atoms with Gasteiger partial charge in [0.2, 0.25) is 5.89 Å². The number of nitrogens with zero attached hydrogens (tertiary/aromatic N) is 4. The van der Waals surface area contributed by atoms with E-state index in [9.17, 15) is 0 Å². The first-order valence-corrected chi connectivity index (χ1v) is 11.2. The van der Waals surface area contributed by atoms with Crippen LogP contribution in [0.25, 0.3) is 28.2 Å². The van der Waals surface area contributed by atoms with Gasteiger partial charge < -0.3 is 4.42 Å². The Kier molecular flexibility index (Phi) is 5.26. The van der Waals surface area contributed by atoms with Crippen molar-refractivity contribution < 1.29 is 4.42 Å². The van der Waals surface area contributed by atoms with Crippen LogP contribution in [0.15, 0.2) is 76.4 Å². The highest BCUT2D eigenvalue weighted by Crippen LogP contribution is 2.31. The number of hydrogen-bond donors (Lipinski definition) is 0. The molecule has 3 heterocycles. The molecule has 0 atom stereocenters. The Bertz CT molecular complexity index is 1370. The van der Waals surface area contributed by atoms with Crippen LogP contribution in [0.3, 0.4) is 0 Å². The molecule has 3 aromatic heterocycles. The summed E-state index contributed by atoms with van der Waals surface area (Å²) in [4.78, 5) is 9.27. The minimum absolute atomic E-state index is 0.599. The first kappa shape index (κ1) is 19.8. The summed E-state index contributed by atoms with van der Waals surface area (Å²) in [5.74, 6) is 2.06. The van der Waals surface area contributed by atoms with Gasteiger partial charge in [0.05, 0.1) is 16.9 Å². The molecule has 0 saturated heterocycles. The Morgan fingerprint density at radius 3 is 2.68 bits per heavy atom. The molecule has 2 aromatic carbocycles. The zero-order valence-corrected chi connectivity index (χ0v) is 18.6. The van der Waals surface area contributed by atoms with Crippen LogP contribution in [0.4, 0.5) is 0 Å². The summed E-state index contributed by atoms with van der Waals surface area (Å²) < 4.78 is 7.77. The standard InChI is InChI=1S/C24H19ClN4OS/c1-15-5-3-4-6-19(15)20-13-22-24(26-11-12-29(22)28-20)31-14-21-16(2)30-23(27-21)17-7-9-18(25)10-8-17/h3-13H,14H2,1-2H3. The number of thioether (sulfide) groups is 1. The lowest BCUT2D eigenvalue weighted by atomic mass is 10.1. The first-order chi connectivity index (χ1) is 15.1. The van der Waals surface area contributed by atoms with Crippen LogP contribution >= 0.6 is 23.4 Å². The van der Waals surface area contributed by atoms with Crippen molar-refractivity contribution in [2.24, 2.45) is 0 Å². The lowest BCUT2D eigenvalue weighted by Gasteiger charge is -2.01. The van der Waals surface area contributed by atoms with E-state index in [1.807, 2.05) is 54.0 Å². The third-order valence-electron chi connectivity index (χ3n) is 5.10. The zero-order chi connectivity index (χ0) is 21.4. The number of aryl methyl sites for hydroxylation is 2. The third kappa shape index (κ3) is 3.96. The van der Waals surface area contributed by atoms with Gasteiger partial charge in [0.15, 0.2) is 0 Å². The van der Waals surface area contributed by atoms with E-state index in [0.717, 1.165) is 38.8 Å². The average Bonchev–Trinajstić information content (AvgIpc) is 3.37. The molecule has 5 nitrogen and oxygen atoms in total. The smallest absolute Gasteiger partial charge is 0.226 e. The minimum Gasteiger partial charge on any atom is -0.441 e. The molecule has 31 heavy (non-hydrogen) atoms. The van der Waals surface area contributed by atoms with Crippen LogP contribution in [0.1, 0.15) is 17.0 Å². The highest BCUT2D eigenvalue weighted by atomic mass is 35.5. The van der Waals surface area contributed by atoms with Crippen LogP contribution in [0.5, 0.6) is 0 Å². The van der Waals surface area contributed by atoms with Crippen LogP contribution < -0.4 is 0 Å². The molecular formula is C24H19ClN4OS. The van der Waals surface area contributed by atoms with E-state index in [1.165, 1.54) is 5.56 Å². The van der Waals surface area contributed by atoms with Crippen molar-refractivity contribution in [1.82, 2.24) is 19.6 Å².